The van der Waals surface area contributed by atoms with E-state index in [1.165, 1.54) is 11.3 Å². The van der Waals surface area contributed by atoms with E-state index >= 15 is 0 Å². The van der Waals surface area contributed by atoms with Crippen LogP contribution in [0, 0.1) is 0 Å². The lowest BCUT2D eigenvalue weighted by atomic mass is 10.1. The second kappa shape index (κ2) is 4.71. The molecular weight excluding hydrogens is 234 g/mol. The maximum atomic E-state index is 9.97. The first kappa shape index (κ1) is 12.2. The number of nitrogens with zero attached hydrogens (tertiary/aromatic N) is 1. The van der Waals surface area contributed by atoms with Gasteiger partial charge in [0.1, 0.15) is 0 Å². The van der Waals surface area contributed by atoms with Gasteiger partial charge in [-0.3, -0.25) is 0 Å². The monoisotopic (exact) mass is 253 g/mol. The third kappa shape index (κ3) is 2.02. The normalized spacial score (nSPS) is 19.3. The molecule has 3 rings (SSSR count). The Morgan fingerprint density at radius 1 is 1.05 bits per heavy atom. The van der Waals surface area contributed by atoms with Crippen LogP contribution in [-0.2, 0) is 6.42 Å². The molecule has 2 nitrogen and oxygen atoms in total. The standard InChI is InChI=1S/C17H19NO/c1-12-11-14-7-3-5-9-16(14)18(12)17-10-6-4-8-15(17)13(2)19/h3-10,12-13,19H,11H2,1-2H3/t12?,13-/m1/s1. The molecule has 19 heavy (non-hydrogen) atoms. The summed E-state index contributed by atoms with van der Waals surface area (Å²) in [4.78, 5) is 2.34. The maximum Gasteiger partial charge on any atom is 0.0782 e. The molecule has 0 radical (unpaired) electrons. The van der Waals surface area contributed by atoms with Crippen LogP contribution in [0.5, 0.6) is 0 Å². The Kier molecular flexibility index (Phi) is 3.03. The predicted molar refractivity (Wildman–Crippen MR) is 78.8 cm³/mol. The van der Waals surface area contributed by atoms with Crippen LogP contribution >= 0.6 is 0 Å². The van der Waals surface area contributed by atoms with Gasteiger partial charge in [0.05, 0.1) is 6.10 Å². The summed E-state index contributed by atoms with van der Waals surface area (Å²) in [6, 6.07) is 17.1. The quantitative estimate of drug-likeness (QED) is 0.879. The first-order valence-electron chi connectivity index (χ1n) is 6.82. The van der Waals surface area contributed by atoms with Crippen molar-refractivity contribution in [2.45, 2.75) is 32.4 Å². The molecule has 2 aromatic rings. The van der Waals surface area contributed by atoms with Crippen LogP contribution in [0.1, 0.15) is 31.1 Å². The average molecular weight is 253 g/mol. The number of fused-ring (bicyclic) bond motifs is 1. The van der Waals surface area contributed by atoms with Gasteiger partial charge in [0.2, 0.25) is 0 Å². The molecule has 1 aliphatic rings. The topological polar surface area (TPSA) is 23.5 Å². The molecule has 0 spiro atoms. The van der Waals surface area contributed by atoms with E-state index in [2.05, 4.69) is 42.2 Å². The van der Waals surface area contributed by atoms with Crippen molar-refractivity contribution in [3.8, 4) is 0 Å². The first-order chi connectivity index (χ1) is 9.18. The highest BCUT2D eigenvalue weighted by Gasteiger charge is 2.28. The van der Waals surface area contributed by atoms with E-state index < -0.39 is 6.10 Å². The lowest BCUT2D eigenvalue weighted by molar-refractivity contribution is 0.199. The van der Waals surface area contributed by atoms with Gasteiger partial charge in [0, 0.05) is 23.0 Å². The Balaban J connectivity index is 2.13. The van der Waals surface area contributed by atoms with Crippen LogP contribution in [0.25, 0.3) is 0 Å². The van der Waals surface area contributed by atoms with E-state index in [-0.39, 0.29) is 0 Å². The number of hydrogen-bond donors (Lipinski definition) is 1. The largest absolute Gasteiger partial charge is 0.389 e. The summed E-state index contributed by atoms with van der Waals surface area (Å²) in [6.07, 6.45) is 0.612. The minimum Gasteiger partial charge on any atom is -0.389 e. The third-order valence-electron chi connectivity index (χ3n) is 3.85. The van der Waals surface area contributed by atoms with Gasteiger partial charge in [-0.15, -0.1) is 0 Å². The van der Waals surface area contributed by atoms with Crippen LogP contribution in [0.15, 0.2) is 48.5 Å². The lowest BCUT2D eigenvalue weighted by Gasteiger charge is -2.28. The molecular formula is C17H19NO. The van der Waals surface area contributed by atoms with Gasteiger partial charge in [-0.25, -0.2) is 0 Å². The fourth-order valence-electron chi connectivity index (χ4n) is 2.99. The van der Waals surface area contributed by atoms with Crippen molar-refractivity contribution in [3.63, 3.8) is 0 Å². The molecule has 0 fully saturated rings. The Morgan fingerprint density at radius 3 is 2.42 bits per heavy atom. The Morgan fingerprint density at radius 2 is 1.68 bits per heavy atom. The van der Waals surface area contributed by atoms with Crippen LogP contribution in [0.3, 0.4) is 0 Å². The molecule has 0 aromatic heterocycles. The molecule has 1 heterocycles. The maximum absolute atomic E-state index is 9.97. The number of aliphatic hydroxyl groups excluding tert-OH is 1. The van der Waals surface area contributed by atoms with E-state index in [0.717, 1.165) is 17.7 Å². The van der Waals surface area contributed by atoms with E-state index in [9.17, 15) is 5.11 Å². The van der Waals surface area contributed by atoms with Crippen LogP contribution in [0.4, 0.5) is 11.4 Å². The van der Waals surface area contributed by atoms with Crippen molar-refractivity contribution >= 4 is 11.4 Å². The van der Waals surface area contributed by atoms with Crippen molar-refractivity contribution in [2.24, 2.45) is 0 Å². The van der Waals surface area contributed by atoms with Crippen molar-refractivity contribution in [2.75, 3.05) is 4.90 Å². The van der Waals surface area contributed by atoms with Gasteiger partial charge in [-0.1, -0.05) is 36.4 Å². The third-order valence-corrected chi connectivity index (χ3v) is 3.85. The zero-order chi connectivity index (χ0) is 13.4. The Bertz CT molecular complexity index is 591. The summed E-state index contributed by atoms with van der Waals surface area (Å²) < 4.78 is 0. The van der Waals surface area contributed by atoms with E-state index in [4.69, 9.17) is 0 Å². The molecule has 1 N–H and O–H groups in total. The molecule has 0 bridgehead atoms. The average Bonchev–Trinajstić information content (AvgIpc) is 2.74. The summed E-state index contributed by atoms with van der Waals surface area (Å²) in [5.74, 6) is 0. The smallest absolute Gasteiger partial charge is 0.0782 e. The highest BCUT2D eigenvalue weighted by atomic mass is 16.3. The molecule has 0 saturated carbocycles. The van der Waals surface area contributed by atoms with Gasteiger partial charge in [-0.2, -0.15) is 0 Å². The lowest BCUT2D eigenvalue weighted by Crippen LogP contribution is -2.25. The minimum absolute atomic E-state index is 0.428. The molecule has 0 aliphatic carbocycles. The van der Waals surface area contributed by atoms with Gasteiger partial charge >= 0.3 is 0 Å². The highest BCUT2D eigenvalue weighted by Crippen LogP contribution is 2.40. The number of hydrogen-bond acceptors (Lipinski definition) is 2. The fraction of sp³-hybridized carbons (Fsp3) is 0.294. The molecule has 0 amide bonds. The van der Waals surface area contributed by atoms with Crippen molar-refractivity contribution in [1.82, 2.24) is 0 Å². The Hall–Kier alpha value is -1.80. The van der Waals surface area contributed by atoms with E-state index in [1.54, 1.807) is 0 Å². The fourth-order valence-corrected chi connectivity index (χ4v) is 2.99. The molecule has 2 atom stereocenters. The van der Waals surface area contributed by atoms with E-state index in [1.807, 2.05) is 25.1 Å². The van der Waals surface area contributed by atoms with Crippen LogP contribution in [0.2, 0.25) is 0 Å². The van der Waals surface area contributed by atoms with E-state index in [0.29, 0.717) is 6.04 Å². The summed E-state index contributed by atoms with van der Waals surface area (Å²) in [5, 5.41) is 9.97. The second-order valence-electron chi connectivity index (χ2n) is 5.29. The van der Waals surface area contributed by atoms with Crippen LogP contribution in [-0.4, -0.2) is 11.1 Å². The van der Waals surface area contributed by atoms with Crippen LogP contribution < -0.4 is 4.90 Å². The zero-order valence-electron chi connectivity index (χ0n) is 11.4. The minimum atomic E-state index is -0.448. The molecule has 1 aliphatic heterocycles. The molecule has 2 aromatic carbocycles. The molecule has 98 valence electrons. The van der Waals surface area contributed by atoms with Gasteiger partial charge in [0.25, 0.3) is 0 Å². The molecule has 0 saturated heterocycles. The predicted octanol–water partition coefficient (Wildman–Crippen LogP) is 3.82. The highest BCUT2D eigenvalue weighted by molar-refractivity contribution is 5.73. The number of anilines is 2. The summed E-state index contributed by atoms with van der Waals surface area (Å²) in [5.41, 5.74) is 4.76. The number of aliphatic hydroxyl groups is 1. The number of rotatable bonds is 2. The SMILES string of the molecule is CC1Cc2ccccc2N1c1ccccc1[C@@H](C)O. The summed E-state index contributed by atoms with van der Waals surface area (Å²) >= 11 is 0. The Labute approximate surface area is 114 Å². The second-order valence-corrected chi connectivity index (χ2v) is 5.29. The molecule has 2 heteroatoms. The van der Waals surface area contributed by atoms with Gasteiger partial charge in [-0.05, 0) is 38.0 Å². The number of para-hydroxylation sites is 2. The van der Waals surface area contributed by atoms with Crippen molar-refractivity contribution in [1.29, 1.82) is 0 Å². The van der Waals surface area contributed by atoms with Crippen molar-refractivity contribution in [3.05, 3.63) is 59.7 Å². The summed E-state index contributed by atoms with van der Waals surface area (Å²) in [6.45, 7) is 4.06. The zero-order valence-corrected chi connectivity index (χ0v) is 11.4. The number of benzene rings is 2. The summed E-state index contributed by atoms with van der Waals surface area (Å²) in [7, 11) is 0. The van der Waals surface area contributed by atoms with Crippen molar-refractivity contribution < 1.29 is 5.11 Å². The first-order valence-corrected chi connectivity index (χ1v) is 6.82. The van der Waals surface area contributed by atoms with Gasteiger partial charge in [0.15, 0.2) is 0 Å². The molecule has 1 unspecified atom stereocenters. The van der Waals surface area contributed by atoms with Gasteiger partial charge < -0.3 is 10.0 Å².